The third-order valence-corrected chi connectivity index (χ3v) is 4.30. The van der Waals surface area contributed by atoms with Crippen molar-refractivity contribution in [2.24, 2.45) is 0 Å². The number of hydrogen-bond donors (Lipinski definition) is 0. The Balaban J connectivity index is 2.24. The van der Waals surface area contributed by atoms with Crippen molar-refractivity contribution >= 4 is 44.4 Å². The van der Waals surface area contributed by atoms with Crippen molar-refractivity contribution in [3.05, 3.63) is 56.0 Å². The number of nitriles is 1. The molecule has 0 saturated carbocycles. The Labute approximate surface area is 145 Å². The van der Waals surface area contributed by atoms with Gasteiger partial charge in [0.25, 0.3) is 5.91 Å². The van der Waals surface area contributed by atoms with E-state index in [1.165, 1.54) is 0 Å². The zero-order valence-electron chi connectivity index (χ0n) is 11.1. The molecule has 0 fully saturated rings. The summed E-state index contributed by atoms with van der Waals surface area (Å²) < 4.78 is 7.02. The Hall–Kier alpha value is -1.33. The van der Waals surface area contributed by atoms with Crippen molar-refractivity contribution in [2.75, 3.05) is 6.54 Å². The minimum Gasteiger partial charge on any atom is -0.467 e. The number of nitrogens with zero attached hydrogens (tertiary/aromatic N) is 2. The van der Waals surface area contributed by atoms with Gasteiger partial charge in [-0.15, -0.1) is 0 Å². The van der Waals surface area contributed by atoms with Crippen LogP contribution in [0.3, 0.4) is 0 Å². The fraction of sp³-hybridized carbons (Fsp3) is 0.200. The number of amides is 1. The summed E-state index contributed by atoms with van der Waals surface area (Å²) in [6.07, 6.45) is 1.86. The molecule has 4 nitrogen and oxygen atoms in total. The first-order valence-electron chi connectivity index (χ1n) is 6.25. The lowest BCUT2D eigenvalue weighted by molar-refractivity contribution is 0.0734. The second-order valence-corrected chi connectivity index (χ2v) is 6.42. The van der Waals surface area contributed by atoms with Crippen molar-refractivity contribution in [2.45, 2.75) is 13.0 Å². The van der Waals surface area contributed by atoms with Gasteiger partial charge in [-0.25, -0.2) is 0 Å². The third-order valence-electron chi connectivity index (χ3n) is 2.87. The Kier molecular flexibility index (Phi) is 5.82. The van der Waals surface area contributed by atoms with Crippen LogP contribution in [0.15, 0.2) is 45.5 Å². The predicted molar refractivity (Wildman–Crippen MR) is 90.5 cm³/mol. The minimum absolute atomic E-state index is 0.104. The molecule has 0 aliphatic carbocycles. The van der Waals surface area contributed by atoms with Crippen molar-refractivity contribution in [3.8, 4) is 6.07 Å². The van der Waals surface area contributed by atoms with E-state index in [4.69, 9.17) is 9.68 Å². The van der Waals surface area contributed by atoms with Crippen LogP contribution in [0.4, 0.5) is 0 Å². The quantitative estimate of drug-likeness (QED) is 0.631. The SMILES string of the molecule is N#CCCN(Cc1ccco1)C(=O)c1cc(Br)ccc1I. The fourth-order valence-corrected chi connectivity index (χ4v) is 2.79. The van der Waals surface area contributed by atoms with Gasteiger partial charge in [-0.2, -0.15) is 5.26 Å². The molecule has 0 radical (unpaired) electrons. The summed E-state index contributed by atoms with van der Waals surface area (Å²) >= 11 is 5.52. The molecule has 0 bridgehead atoms. The first-order chi connectivity index (χ1) is 10.1. The van der Waals surface area contributed by atoms with Gasteiger partial charge in [-0.3, -0.25) is 4.79 Å². The standard InChI is InChI=1S/C15H12BrIN2O2/c16-11-4-5-14(17)13(9-11)15(20)19(7-2-6-18)10-12-3-1-8-21-12/h1,3-5,8-9H,2,7,10H2. The molecule has 0 unspecified atom stereocenters. The van der Waals surface area contributed by atoms with E-state index >= 15 is 0 Å². The maximum absolute atomic E-state index is 12.7. The maximum atomic E-state index is 12.7. The first-order valence-corrected chi connectivity index (χ1v) is 8.12. The van der Waals surface area contributed by atoms with Gasteiger partial charge in [0.2, 0.25) is 0 Å². The number of halogens is 2. The van der Waals surface area contributed by atoms with Gasteiger partial charge in [0, 0.05) is 14.6 Å². The number of hydrogen-bond acceptors (Lipinski definition) is 3. The van der Waals surface area contributed by atoms with E-state index < -0.39 is 0 Å². The highest BCUT2D eigenvalue weighted by atomic mass is 127. The van der Waals surface area contributed by atoms with Gasteiger partial charge in [0.15, 0.2) is 0 Å². The molecule has 1 aromatic heterocycles. The molecule has 108 valence electrons. The summed E-state index contributed by atoms with van der Waals surface area (Å²) in [7, 11) is 0. The van der Waals surface area contributed by atoms with Gasteiger partial charge in [0.05, 0.1) is 30.9 Å². The molecule has 2 rings (SSSR count). The molecular weight excluding hydrogens is 447 g/mol. The lowest BCUT2D eigenvalue weighted by atomic mass is 10.2. The highest BCUT2D eigenvalue weighted by Crippen LogP contribution is 2.21. The molecule has 0 spiro atoms. The summed E-state index contributed by atoms with van der Waals surface area (Å²) in [5, 5.41) is 8.77. The lowest BCUT2D eigenvalue weighted by Gasteiger charge is -2.21. The molecule has 0 aliphatic rings. The predicted octanol–water partition coefficient (Wildman–Crippen LogP) is 4.20. The van der Waals surface area contributed by atoms with Gasteiger partial charge < -0.3 is 9.32 Å². The normalized spacial score (nSPS) is 10.1. The highest BCUT2D eigenvalue weighted by molar-refractivity contribution is 14.1. The Morgan fingerprint density at radius 2 is 2.24 bits per heavy atom. The number of carbonyl (C=O) groups excluding carboxylic acids is 1. The summed E-state index contributed by atoms with van der Waals surface area (Å²) in [6, 6.07) is 11.2. The molecule has 1 amide bonds. The third kappa shape index (κ3) is 4.32. The van der Waals surface area contributed by atoms with E-state index in [1.807, 2.05) is 18.2 Å². The van der Waals surface area contributed by atoms with Crippen LogP contribution in [-0.2, 0) is 6.54 Å². The van der Waals surface area contributed by atoms with Gasteiger partial charge >= 0.3 is 0 Å². The summed E-state index contributed by atoms with van der Waals surface area (Å²) in [4.78, 5) is 14.3. The van der Waals surface area contributed by atoms with E-state index in [0.717, 1.165) is 8.04 Å². The largest absolute Gasteiger partial charge is 0.467 e. The van der Waals surface area contributed by atoms with Crippen molar-refractivity contribution < 1.29 is 9.21 Å². The van der Waals surface area contributed by atoms with E-state index in [2.05, 4.69) is 44.6 Å². The van der Waals surface area contributed by atoms with Crippen LogP contribution >= 0.6 is 38.5 Å². The molecule has 1 aromatic carbocycles. The van der Waals surface area contributed by atoms with Gasteiger partial charge in [0.1, 0.15) is 5.76 Å². The molecule has 21 heavy (non-hydrogen) atoms. The summed E-state index contributed by atoms with van der Waals surface area (Å²) in [5.74, 6) is 0.596. The zero-order valence-corrected chi connectivity index (χ0v) is 14.8. The van der Waals surface area contributed by atoms with Crippen LogP contribution in [0.25, 0.3) is 0 Å². The second-order valence-electron chi connectivity index (χ2n) is 4.34. The number of benzene rings is 1. The molecule has 6 heteroatoms. The fourth-order valence-electron chi connectivity index (χ4n) is 1.86. The van der Waals surface area contributed by atoms with Gasteiger partial charge in [-0.1, -0.05) is 15.9 Å². The molecule has 0 aliphatic heterocycles. The van der Waals surface area contributed by atoms with E-state index in [9.17, 15) is 4.79 Å². The topological polar surface area (TPSA) is 57.2 Å². The van der Waals surface area contributed by atoms with Gasteiger partial charge in [-0.05, 0) is 52.9 Å². The molecule has 0 saturated heterocycles. The maximum Gasteiger partial charge on any atom is 0.255 e. The van der Waals surface area contributed by atoms with E-state index in [0.29, 0.717) is 24.4 Å². The van der Waals surface area contributed by atoms with E-state index in [1.54, 1.807) is 23.3 Å². The Morgan fingerprint density at radius 1 is 1.43 bits per heavy atom. The smallest absolute Gasteiger partial charge is 0.255 e. The van der Waals surface area contributed by atoms with Crippen LogP contribution < -0.4 is 0 Å². The molecule has 2 aromatic rings. The summed E-state index contributed by atoms with van der Waals surface area (Å²) in [5.41, 5.74) is 0.620. The van der Waals surface area contributed by atoms with Crippen molar-refractivity contribution in [3.63, 3.8) is 0 Å². The average molecular weight is 459 g/mol. The number of furan rings is 1. The van der Waals surface area contributed by atoms with Crippen LogP contribution in [0.5, 0.6) is 0 Å². The molecule has 1 heterocycles. The van der Waals surface area contributed by atoms with Crippen molar-refractivity contribution in [1.29, 1.82) is 5.26 Å². The number of carbonyl (C=O) groups is 1. The first kappa shape index (κ1) is 16.0. The van der Waals surface area contributed by atoms with Crippen LogP contribution in [0, 0.1) is 14.9 Å². The van der Waals surface area contributed by atoms with Crippen LogP contribution in [0.2, 0.25) is 0 Å². The highest BCUT2D eigenvalue weighted by Gasteiger charge is 2.19. The minimum atomic E-state index is -0.104. The monoisotopic (exact) mass is 458 g/mol. The second kappa shape index (κ2) is 7.61. The van der Waals surface area contributed by atoms with Crippen molar-refractivity contribution in [1.82, 2.24) is 4.90 Å². The van der Waals surface area contributed by atoms with E-state index in [-0.39, 0.29) is 12.3 Å². The molecular formula is C15H12BrIN2O2. The molecule has 0 N–H and O–H groups in total. The lowest BCUT2D eigenvalue weighted by Crippen LogP contribution is -2.31. The van der Waals surface area contributed by atoms with Crippen LogP contribution in [0.1, 0.15) is 22.5 Å². The Morgan fingerprint density at radius 3 is 2.90 bits per heavy atom. The average Bonchev–Trinajstić information content (AvgIpc) is 2.98. The summed E-state index contributed by atoms with van der Waals surface area (Å²) in [6.45, 7) is 0.731. The van der Waals surface area contributed by atoms with Crippen LogP contribution in [-0.4, -0.2) is 17.4 Å². The molecule has 0 atom stereocenters. The zero-order chi connectivity index (χ0) is 15.2. The number of rotatable bonds is 5. The Bertz CT molecular complexity index is 665.